The molecule has 0 bridgehead atoms. The normalized spacial score (nSPS) is 28.5. The van der Waals surface area contributed by atoms with Crippen molar-refractivity contribution in [3.05, 3.63) is 59.9 Å². The number of ether oxygens (including phenoxy) is 1. The van der Waals surface area contributed by atoms with Gasteiger partial charge in [-0.15, -0.1) is 0 Å². The Morgan fingerprint density at radius 3 is 2.91 bits per heavy atom. The number of hydrogen-bond acceptors (Lipinski definition) is 7. The zero-order chi connectivity index (χ0) is 30.9. The second-order valence-electron chi connectivity index (χ2n) is 13.4. The van der Waals surface area contributed by atoms with Gasteiger partial charge in [0, 0.05) is 43.5 Å². The summed E-state index contributed by atoms with van der Waals surface area (Å²) in [5, 5.41) is 10.1. The Morgan fingerprint density at radius 1 is 1.18 bits per heavy atom. The molecular formula is C35H36F2N6O2. The number of benzene rings is 2. The van der Waals surface area contributed by atoms with Crippen molar-refractivity contribution in [3.63, 3.8) is 0 Å². The number of alkyl halides is 1. The molecule has 8 rings (SSSR count). The van der Waals surface area contributed by atoms with Gasteiger partial charge in [-0.2, -0.15) is 15.2 Å². The van der Waals surface area contributed by atoms with Gasteiger partial charge in [0.15, 0.2) is 5.82 Å². The van der Waals surface area contributed by atoms with E-state index < -0.39 is 17.5 Å². The highest BCUT2D eigenvalue weighted by molar-refractivity contribution is 5.94. The van der Waals surface area contributed by atoms with Crippen LogP contribution in [-0.4, -0.2) is 82.8 Å². The minimum Gasteiger partial charge on any atom is -0.461 e. The van der Waals surface area contributed by atoms with Crippen molar-refractivity contribution in [2.45, 2.75) is 62.2 Å². The number of nitrogens with zero attached hydrogens (tertiary/aromatic N) is 6. The molecular weight excluding hydrogens is 574 g/mol. The zero-order valence-electron chi connectivity index (χ0n) is 25.2. The van der Waals surface area contributed by atoms with Crippen LogP contribution in [-0.2, 0) is 11.2 Å². The van der Waals surface area contributed by atoms with Crippen LogP contribution in [0.5, 0.6) is 6.01 Å². The molecule has 45 heavy (non-hydrogen) atoms. The molecule has 1 amide bonds. The molecule has 5 atom stereocenters. The predicted molar refractivity (Wildman–Crippen MR) is 166 cm³/mol. The average Bonchev–Trinajstić information content (AvgIpc) is 3.39. The van der Waals surface area contributed by atoms with Gasteiger partial charge >= 0.3 is 6.01 Å². The molecule has 10 heteroatoms. The molecule has 0 spiro atoms. The third-order valence-corrected chi connectivity index (χ3v) is 10.9. The lowest BCUT2D eigenvalue weighted by Crippen LogP contribution is -2.55. The summed E-state index contributed by atoms with van der Waals surface area (Å²) in [7, 11) is 0. The van der Waals surface area contributed by atoms with Crippen molar-refractivity contribution in [2.75, 3.05) is 44.2 Å². The topological polar surface area (TPSA) is 85.6 Å². The van der Waals surface area contributed by atoms with Crippen molar-refractivity contribution >= 4 is 22.6 Å². The van der Waals surface area contributed by atoms with E-state index in [1.807, 2.05) is 29.2 Å². The van der Waals surface area contributed by atoms with Crippen LogP contribution in [0.25, 0.3) is 22.0 Å². The van der Waals surface area contributed by atoms with Crippen molar-refractivity contribution < 1.29 is 18.3 Å². The summed E-state index contributed by atoms with van der Waals surface area (Å²) in [6.07, 6.45) is 4.93. The van der Waals surface area contributed by atoms with Crippen molar-refractivity contribution in [1.82, 2.24) is 19.8 Å². The van der Waals surface area contributed by atoms with Gasteiger partial charge in [-0.3, -0.25) is 9.69 Å². The molecule has 4 fully saturated rings. The molecule has 5 aliphatic rings. The highest BCUT2D eigenvalue weighted by atomic mass is 19.1. The van der Waals surface area contributed by atoms with Gasteiger partial charge in [-0.05, 0) is 72.9 Å². The molecule has 1 saturated carbocycles. The molecule has 0 N–H and O–H groups in total. The average molecular weight is 611 g/mol. The number of carbonyl (C=O) groups is 1. The van der Waals surface area contributed by atoms with Gasteiger partial charge in [-0.1, -0.05) is 30.8 Å². The monoisotopic (exact) mass is 610 g/mol. The highest BCUT2D eigenvalue weighted by Gasteiger charge is 2.49. The minimum absolute atomic E-state index is 0.0537. The van der Waals surface area contributed by atoms with E-state index in [1.54, 1.807) is 4.90 Å². The van der Waals surface area contributed by atoms with Gasteiger partial charge in [0.05, 0.1) is 24.1 Å². The Bertz CT molecular complexity index is 1760. The number of carbonyl (C=O) groups excluding carboxylic acids is 1. The van der Waals surface area contributed by atoms with Gasteiger partial charge in [-0.25, -0.2) is 8.78 Å². The molecule has 3 aliphatic heterocycles. The Kier molecular flexibility index (Phi) is 6.79. The summed E-state index contributed by atoms with van der Waals surface area (Å²) in [4.78, 5) is 27.9. The Balaban J connectivity index is 1.20. The van der Waals surface area contributed by atoms with Gasteiger partial charge in [0.25, 0.3) is 0 Å². The second kappa shape index (κ2) is 10.8. The van der Waals surface area contributed by atoms with Gasteiger partial charge in [0.2, 0.25) is 5.91 Å². The first kappa shape index (κ1) is 28.4. The largest absolute Gasteiger partial charge is 0.461 e. The van der Waals surface area contributed by atoms with E-state index in [-0.39, 0.29) is 36.5 Å². The molecule has 4 heterocycles. The summed E-state index contributed by atoms with van der Waals surface area (Å²) >= 11 is 0. The standard InChI is InChI=1S/C35H36F2N6O2/c1-2-30(44)43-14-13-41(19-23(43)9-11-38)33-27-8-7-26(24-5-3-6-25-28-15-21(28)16-29(24)25)31(37)32(27)39-34(40-33)45-20-35-10-4-12-42(35)18-22(36)17-35/h2-3,5-8,21-23,28H,1,4,9-10,12-20H2/t21-,22-,23+,28-,35+/m1/s1. The minimum atomic E-state index is -0.896. The maximum atomic E-state index is 16.7. The van der Waals surface area contributed by atoms with Gasteiger partial charge < -0.3 is 14.5 Å². The summed E-state index contributed by atoms with van der Waals surface area (Å²) in [5.41, 5.74) is 3.75. The molecule has 0 radical (unpaired) electrons. The number of nitriles is 1. The van der Waals surface area contributed by atoms with Crippen LogP contribution < -0.4 is 9.64 Å². The van der Waals surface area contributed by atoms with Crippen LogP contribution in [0.1, 0.15) is 49.1 Å². The predicted octanol–water partition coefficient (Wildman–Crippen LogP) is 5.17. The molecule has 2 aliphatic carbocycles. The van der Waals surface area contributed by atoms with E-state index >= 15 is 4.39 Å². The van der Waals surface area contributed by atoms with E-state index in [9.17, 15) is 14.4 Å². The maximum absolute atomic E-state index is 16.7. The summed E-state index contributed by atoms with van der Waals surface area (Å²) < 4.78 is 37.5. The van der Waals surface area contributed by atoms with Crippen LogP contribution in [0, 0.1) is 23.1 Å². The van der Waals surface area contributed by atoms with E-state index in [2.05, 4.69) is 28.6 Å². The number of rotatable bonds is 7. The number of anilines is 1. The number of halogens is 2. The van der Waals surface area contributed by atoms with Crippen LogP contribution in [0.4, 0.5) is 14.6 Å². The molecule has 1 aromatic heterocycles. The third kappa shape index (κ3) is 4.66. The maximum Gasteiger partial charge on any atom is 0.319 e. The number of hydrogen-bond donors (Lipinski definition) is 0. The molecule has 8 nitrogen and oxygen atoms in total. The Hall–Kier alpha value is -4.10. The highest BCUT2D eigenvalue weighted by Crippen LogP contribution is 2.58. The quantitative estimate of drug-likeness (QED) is 0.342. The number of piperazine rings is 1. The number of aromatic nitrogens is 2. The van der Waals surface area contributed by atoms with E-state index in [0.29, 0.717) is 61.2 Å². The van der Waals surface area contributed by atoms with Crippen LogP contribution >= 0.6 is 0 Å². The summed E-state index contributed by atoms with van der Waals surface area (Å²) in [6.45, 7) is 6.24. The second-order valence-corrected chi connectivity index (χ2v) is 13.4. The Labute approximate surface area is 261 Å². The van der Waals surface area contributed by atoms with Gasteiger partial charge in [0.1, 0.15) is 24.1 Å². The molecule has 232 valence electrons. The lowest BCUT2D eigenvalue weighted by Gasteiger charge is -2.41. The van der Waals surface area contributed by atoms with Crippen LogP contribution in [0.15, 0.2) is 43.0 Å². The summed E-state index contributed by atoms with van der Waals surface area (Å²) in [5.74, 6) is 1.12. The lowest BCUT2D eigenvalue weighted by molar-refractivity contribution is -0.128. The molecule has 2 aromatic carbocycles. The van der Waals surface area contributed by atoms with Crippen molar-refractivity contribution in [3.8, 4) is 23.2 Å². The lowest BCUT2D eigenvalue weighted by atomic mass is 9.93. The van der Waals surface area contributed by atoms with Crippen LogP contribution in [0.2, 0.25) is 0 Å². The Morgan fingerprint density at radius 2 is 2.07 bits per heavy atom. The van der Waals surface area contributed by atoms with E-state index in [4.69, 9.17) is 9.72 Å². The third-order valence-electron chi connectivity index (χ3n) is 10.9. The first-order valence-electron chi connectivity index (χ1n) is 16.1. The van der Waals surface area contributed by atoms with E-state index in [1.165, 1.54) is 23.6 Å². The fraction of sp³-hybridized carbons (Fsp3) is 0.486. The van der Waals surface area contributed by atoms with Crippen molar-refractivity contribution in [2.24, 2.45) is 5.92 Å². The SMILES string of the molecule is C=CC(=O)N1CCN(c2nc(OC[C@@]34CCCN3C[C@H](F)C4)nc3c(F)c(-c4cccc5c4C[C@H]4C[C@@H]54)ccc23)C[C@@H]1CC#N. The molecule has 3 saturated heterocycles. The van der Waals surface area contributed by atoms with Crippen LogP contribution in [0.3, 0.4) is 0 Å². The molecule has 3 aromatic rings. The van der Waals surface area contributed by atoms with Crippen molar-refractivity contribution in [1.29, 1.82) is 5.26 Å². The first-order valence-corrected chi connectivity index (χ1v) is 16.1. The number of fused-ring (bicyclic) bond motifs is 5. The fourth-order valence-corrected chi connectivity index (χ4v) is 8.57. The molecule has 0 unspecified atom stereocenters. The zero-order valence-corrected chi connectivity index (χ0v) is 25.2. The number of amides is 1. The first-order chi connectivity index (χ1) is 21.9. The fourth-order valence-electron chi connectivity index (χ4n) is 8.57. The van der Waals surface area contributed by atoms with E-state index in [0.717, 1.165) is 31.4 Å². The smallest absolute Gasteiger partial charge is 0.319 e. The summed E-state index contributed by atoms with van der Waals surface area (Å²) in [6, 6.07) is 11.8.